The van der Waals surface area contributed by atoms with Gasteiger partial charge in [-0.1, -0.05) is 78.4 Å². The molecule has 0 saturated heterocycles. The molecule has 5 heteroatoms. The van der Waals surface area contributed by atoms with E-state index in [0.717, 1.165) is 22.4 Å². The maximum Gasteiger partial charge on any atom is 0.257 e. The Labute approximate surface area is 177 Å². The van der Waals surface area contributed by atoms with Crippen molar-refractivity contribution in [1.82, 2.24) is 10.9 Å². The van der Waals surface area contributed by atoms with Gasteiger partial charge in [-0.05, 0) is 36.6 Å². The SMILES string of the molecule is Cc1ccc(NCC(=O)NNC(=O)CC(c2ccccc2)c2ccccc2)c(C)c1. The summed E-state index contributed by atoms with van der Waals surface area (Å²) in [7, 11) is 0. The van der Waals surface area contributed by atoms with Crippen molar-refractivity contribution in [3.05, 3.63) is 101 Å². The van der Waals surface area contributed by atoms with Crippen molar-refractivity contribution < 1.29 is 9.59 Å². The maximum absolute atomic E-state index is 12.5. The summed E-state index contributed by atoms with van der Waals surface area (Å²) in [4.78, 5) is 24.7. The maximum atomic E-state index is 12.5. The van der Waals surface area contributed by atoms with Crippen molar-refractivity contribution in [1.29, 1.82) is 0 Å². The first-order valence-electron chi connectivity index (χ1n) is 10.0. The molecule has 0 saturated carbocycles. The molecule has 0 spiro atoms. The summed E-state index contributed by atoms with van der Waals surface area (Å²) >= 11 is 0. The van der Waals surface area contributed by atoms with Crippen molar-refractivity contribution in [2.45, 2.75) is 26.2 Å². The minimum atomic E-state index is -0.306. The van der Waals surface area contributed by atoms with Crippen molar-refractivity contribution in [2.24, 2.45) is 0 Å². The van der Waals surface area contributed by atoms with Gasteiger partial charge in [0.05, 0.1) is 6.54 Å². The van der Waals surface area contributed by atoms with Gasteiger partial charge in [-0.15, -0.1) is 0 Å². The smallest absolute Gasteiger partial charge is 0.257 e. The van der Waals surface area contributed by atoms with Gasteiger partial charge in [0.1, 0.15) is 0 Å². The molecule has 2 amide bonds. The lowest BCUT2D eigenvalue weighted by Gasteiger charge is -2.18. The normalized spacial score (nSPS) is 10.5. The summed E-state index contributed by atoms with van der Waals surface area (Å²) in [6.45, 7) is 4.09. The van der Waals surface area contributed by atoms with E-state index < -0.39 is 0 Å². The second-order valence-electron chi connectivity index (χ2n) is 7.35. The van der Waals surface area contributed by atoms with Crippen LogP contribution in [0.15, 0.2) is 78.9 Å². The van der Waals surface area contributed by atoms with Crippen LogP contribution in [-0.2, 0) is 9.59 Å². The molecule has 5 nitrogen and oxygen atoms in total. The Kier molecular flexibility index (Phi) is 7.22. The van der Waals surface area contributed by atoms with Gasteiger partial charge in [0.2, 0.25) is 5.91 Å². The van der Waals surface area contributed by atoms with E-state index in [2.05, 4.69) is 22.2 Å². The lowest BCUT2D eigenvalue weighted by atomic mass is 9.88. The molecular formula is C25H27N3O2. The third-order valence-electron chi connectivity index (χ3n) is 4.96. The average Bonchev–Trinajstić information content (AvgIpc) is 2.76. The van der Waals surface area contributed by atoms with Gasteiger partial charge in [-0.2, -0.15) is 0 Å². The summed E-state index contributed by atoms with van der Waals surface area (Å²) < 4.78 is 0. The van der Waals surface area contributed by atoms with Gasteiger partial charge in [0.25, 0.3) is 5.91 Å². The van der Waals surface area contributed by atoms with Crippen molar-refractivity contribution in [3.8, 4) is 0 Å². The van der Waals surface area contributed by atoms with Crippen LogP contribution < -0.4 is 16.2 Å². The lowest BCUT2D eigenvalue weighted by molar-refractivity contribution is -0.128. The van der Waals surface area contributed by atoms with Crippen LogP contribution >= 0.6 is 0 Å². The minimum absolute atomic E-state index is 0.0744. The highest BCUT2D eigenvalue weighted by Gasteiger charge is 2.18. The van der Waals surface area contributed by atoms with Crippen LogP contribution in [0.1, 0.15) is 34.6 Å². The van der Waals surface area contributed by atoms with Crippen LogP contribution in [-0.4, -0.2) is 18.4 Å². The summed E-state index contributed by atoms with van der Waals surface area (Å²) in [6, 6.07) is 25.8. The van der Waals surface area contributed by atoms with Gasteiger partial charge in [0.15, 0.2) is 0 Å². The van der Waals surface area contributed by atoms with Crippen LogP contribution in [0, 0.1) is 13.8 Å². The van der Waals surface area contributed by atoms with E-state index in [9.17, 15) is 9.59 Å². The molecule has 0 heterocycles. The van der Waals surface area contributed by atoms with Crippen LogP contribution in [0.3, 0.4) is 0 Å². The quantitative estimate of drug-likeness (QED) is 0.523. The summed E-state index contributed by atoms with van der Waals surface area (Å²) in [6.07, 6.45) is 0.235. The molecule has 3 aromatic rings. The monoisotopic (exact) mass is 401 g/mol. The zero-order valence-electron chi connectivity index (χ0n) is 17.3. The van der Waals surface area contributed by atoms with Crippen molar-refractivity contribution in [2.75, 3.05) is 11.9 Å². The predicted octanol–water partition coefficient (Wildman–Crippen LogP) is 4.08. The lowest BCUT2D eigenvalue weighted by Crippen LogP contribution is -2.44. The first-order valence-corrected chi connectivity index (χ1v) is 10.0. The number of aryl methyl sites for hydroxylation is 2. The largest absolute Gasteiger partial charge is 0.376 e. The van der Waals surface area contributed by atoms with Crippen LogP contribution in [0.4, 0.5) is 5.69 Å². The van der Waals surface area contributed by atoms with Crippen molar-refractivity contribution in [3.63, 3.8) is 0 Å². The Bertz CT molecular complexity index is 948. The second kappa shape index (κ2) is 10.3. The van der Waals surface area contributed by atoms with Gasteiger partial charge in [-0.3, -0.25) is 20.4 Å². The molecule has 0 aliphatic heterocycles. The molecule has 30 heavy (non-hydrogen) atoms. The molecule has 0 unspecified atom stereocenters. The van der Waals surface area contributed by atoms with E-state index in [4.69, 9.17) is 0 Å². The number of anilines is 1. The number of amides is 2. The number of benzene rings is 3. The zero-order chi connectivity index (χ0) is 21.3. The molecular weight excluding hydrogens is 374 g/mol. The molecule has 3 N–H and O–H groups in total. The van der Waals surface area contributed by atoms with Gasteiger partial charge < -0.3 is 5.32 Å². The Balaban J connectivity index is 1.54. The molecule has 0 atom stereocenters. The molecule has 0 aromatic heterocycles. The molecule has 0 bridgehead atoms. The molecule has 0 radical (unpaired) electrons. The minimum Gasteiger partial charge on any atom is -0.376 e. The average molecular weight is 402 g/mol. The van der Waals surface area contributed by atoms with Gasteiger partial charge >= 0.3 is 0 Å². The highest BCUT2D eigenvalue weighted by Crippen LogP contribution is 2.27. The van der Waals surface area contributed by atoms with E-state index in [1.54, 1.807) is 0 Å². The molecule has 3 aromatic carbocycles. The molecule has 0 fully saturated rings. The Morgan fingerprint density at radius 1 is 0.767 bits per heavy atom. The number of hydrogen-bond donors (Lipinski definition) is 3. The van der Waals surface area contributed by atoms with E-state index in [0.29, 0.717) is 0 Å². The number of carbonyl (C=O) groups excluding carboxylic acids is 2. The van der Waals surface area contributed by atoms with Gasteiger partial charge in [0, 0.05) is 18.0 Å². The van der Waals surface area contributed by atoms with E-state index in [-0.39, 0.29) is 30.7 Å². The van der Waals surface area contributed by atoms with E-state index >= 15 is 0 Å². The Hall–Kier alpha value is -3.60. The van der Waals surface area contributed by atoms with Crippen LogP contribution in [0.5, 0.6) is 0 Å². The number of carbonyl (C=O) groups is 2. The number of rotatable bonds is 7. The third kappa shape index (κ3) is 5.95. The summed E-state index contributed by atoms with van der Waals surface area (Å²) in [5, 5.41) is 3.09. The fraction of sp³-hybridized carbons (Fsp3) is 0.200. The van der Waals surface area contributed by atoms with E-state index in [1.807, 2.05) is 86.6 Å². The highest BCUT2D eigenvalue weighted by molar-refractivity contribution is 5.85. The van der Waals surface area contributed by atoms with Crippen LogP contribution in [0.2, 0.25) is 0 Å². The van der Waals surface area contributed by atoms with E-state index in [1.165, 1.54) is 5.56 Å². The molecule has 0 aliphatic carbocycles. The topological polar surface area (TPSA) is 70.2 Å². The summed E-state index contributed by atoms with van der Waals surface area (Å²) in [5.74, 6) is -0.635. The molecule has 0 aliphatic rings. The molecule has 154 valence electrons. The third-order valence-corrected chi connectivity index (χ3v) is 4.96. The fourth-order valence-corrected chi connectivity index (χ4v) is 3.41. The first-order chi connectivity index (χ1) is 14.5. The number of hydrazine groups is 1. The standard InChI is InChI=1S/C25H27N3O2/c1-18-13-14-23(19(2)15-18)26-17-25(30)28-27-24(29)16-22(20-9-5-3-6-10-20)21-11-7-4-8-12-21/h3-15,22,26H,16-17H2,1-2H3,(H,27,29)(H,28,30). The van der Waals surface area contributed by atoms with Gasteiger partial charge in [-0.25, -0.2) is 0 Å². The molecule has 3 rings (SSSR count). The van der Waals surface area contributed by atoms with Crippen LogP contribution in [0.25, 0.3) is 0 Å². The highest BCUT2D eigenvalue weighted by atomic mass is 16.2. The van der Waals surface area contributed by atoms with Crippen molar-refractivity contribution >= 4 is 17.5 Å². The second-order valence-corrected chi connectivity index (χ2v) is 7.35. The number of nitrogens with one attached hydrogen (secondary N) is 3. The first kappa shape index (κ1) is 21.1. The Morgan fingerprint density at radius 2 is 1.33 bits per heavy atom. The Morgan fingerprint density at radius 3 is 1.90 bits per heavy atom. The number of hydrogen-bond acceptors (Lipinski definition) is 3. The fourth-order valence-electron chi connectivity index (χ4n) is 3.41. The predicted molar refractivity (Wildman–Crippen MR) is 120 cm³/mol. The summed E-state index contributed by atoms with van der Waals surface area (Å²) in [5.41, 5.74) is 10.3. The zero-order valence-corrected chi connectivity index (χ0v) is 17.3.